The van der Waals surface area contributed by atoms with Crippen LogP contribution in [0.5, 0.6) is 0 Å². The molecule has 0 saturated heterocycles. The fraction of sp³-hybridized carbons (Fsp3) is 0.240. The third kappa shape index (κ3) is 4.26. The van der Waals surface area contributed by atoms with Crippen molar-refractivity contribution in [2.45, 2.75) is 44.8 Å². The van der Waals surface area contributed by atoms with E-state index in [0.717, 1.165) is 27.8 Å². The van der Waals surface area contributed by atoms with Crippen molar-refractivity contribution < 1.29 is 13.2 Å². The molecule has 0 fully saturated rings. The Morgan fingerprint density at radius 2 is 1.72 bits per heavy atom. The number of fused-ring (bicyclic) bond motifs is 1. The predicted octanol–water partition coefficient (Wildman–Crippen LogP) is 3.76. The number of hydrogen-bond acceptors (Lipinski definition) is 5. The highest BCUT2D eigenvalue weighted by atomic mass is 32.2. The van der Waals surface area contributed by atoms with Gasteiger partial charge in [0.15, 0.2) is 0 Å². The molecule has 3 N–H and O–H groups in total. The molecule has 0 radical (unpaired) electrons. The second-order valence-electron chi connectivity index (χ2n) is 8.43. The van der Waals surface area contributed by atoms with Crippen molar-refractivity contribution in [1.29, 1.82) is 0 Å². The predicted molar refractivity (Wildman–Crippen MR) is 125 cm³/mol. The number of nitrogens with two attached hydrogens (primary N) is 1. The van der Waals surface area contributed by atoms with E-state index in [1.807, 2.05) is 29.2 Å². The van der Waals surface area contributed by atoms with Gasteiger partial charge in [-0.1, -0.05) is 48.0 Å². The van der Waals surface area contributed by atoms with Crippen LogP contribution in [0.15, 0.2) is 65.6 Å². The molecule has 1 atom stereocenters. The molecule has 166 valence electrons. The molecular formula is C25H27N3O3S. The Labute approximate surface area is 189 Å². The number of nitrogen functional groups attached to an aromatic ring is 1. The standard InChI is InChI=1S/C25H27N3O3S/c1-16-11-17(2)23(18(3)12-16)15-28-14-19-7-4-5-10-22(19)24(28)25(29)27-32(30,31)21-9-6-8-20(26)13-21/h4-13,24H,14-15,26H2,1-3H3,(H,27,29)/t24-/m1/s1. The maximum Gasteiger partial charge on any atom is 0.264 e. The highest BCUT2D eigenvalue weighted by Crippen LogP contribution is 2.36. The van der Waals surface area contributed by atoms with E-state index in [1.54, 1.807) is 12.1 Å². The van der Waals surface area contributed by atoms with Crippen LogP contribution in [-0.4, -0.2) is 19.2 Å². The zero-order chi connectivity index (χ0) is 23.0. The second-order valence-corrected chi connectivity index (χ2v) is 10.1. The molecule has 3 aromatic carbocycles. The number of anilines is 1. The minimum atomic E-state index is -4.05. The van der Waals surface area contributed by atoms with Crippen LogP contribution in [0.3, 0.4) is 0 Å². The average molecular weight is 450 g/mol. The number of aryl methyl sites for hydroxylation is 3. The molecule has 0 saturated carbocycles. The lowest BCUT2D eigenvalue weighted by molar-refractivity contribution is -0.124. The van der Waals surface area contributed by atoms with Crippen molar-refractivity contribution in [3.8, 4) is 0 Å². The number of sulfonamides is 1. The minimum Gasteiger partial charge on any atom is -0.399 e. The summed E-state index contributed by atoms with van der Waals surface area (Å²) in [6.07, 6.45) is 0. The molecule has 0 aromatic heterocycles. The Bertz CT molecular complexity index is 1280. The maximum absolute atomic E-state index is 13.3. The van der Waals surface area contributed by atoms with Gasteiger partial charge in [0.1, 0.15) is 6.04 Å². The number of amides is 1. The van der Waals surface area contributed by atoms with Crippen LogP contribution in [0.2, 0.25) is 0 Å². The second kappa shape index (κ2) is 8.41. The van der Waals surface area contributed by atoms with Gasteiger partial charge in [0.2, 0.25) is 0 Å². The van der Waals surface area contributed by atoms with E-state index in [1.165, 1.54) is 17.7 Å². The summed E-state index contributed by atoms with van der Waals surface area (Å²) in [4.78, 5) is 15.3. The van der Waals surface area contributed by atoms with Gasteiger partial charge in [-0.05, 0) is 66.8 Å². The third-order valence-corrected chi connectivity index (χ3v) is 7.29. The Morgan fingerprint density at radius 1 is 1.03 bits per heavy atom. The molecular weight excluding hydrogens is 422 g/mol. The van der Waals surface area contributed by atoms with E-state index in [4.69, 9.17) is 5.73 Å². The number of carbonyl (C=O) groups excluding carboxylic acids is 1. The number of carbonyl (C=O) groups is 1. The van der Waals surface area contributed by atoms with Crippen LogP contribution in [0.1, 0.15) is 39.4 Å². The summed E-state index contributed by atoms with van der Waals surface area (Å²) in [6, 6.07) is 17.1. The quantitative estimate of drug-likeness (QED) is 0.579. The molecule has 0 spiro atoms. The maximum atomic E-state index is 13.3. The lowest BCUT2D eigenvalue weighted by Crippen LogP contribution is -2.40. The summed E-state index contributed by atoms with van der Waals surface area (Å²) in [6.45, 7) is 7.31. The smallest absolute Gasteiger partial charge is 0.264 e. The van der Waals surface area contributed by atoms with Crippen molar-refractivity contribution in [3.63, 3.8) is 0 Å². The first kappa shape index (κ1) is 22.0. The fourth-order valence-corrected chi connectivity index (χ4v) is 5.54. The van der Waals surface area contributed by atoms with Gasteiger partial charge in [-0.25, -0.2) is 13.1 Å². The monoisotopic (exact) mass is 449 g/mol. The molecule has 6 nitrogen and oxygen atoms in total. The summed E-state index contributed by atoms with van der Waals surface area (Å²) in [5.74, 6) is -0.570. The fourth-order valence-electron chi connectivity index (χ4n) is 4.50. The van der Waals surface area contributed by atoms with Crippen LogP contribution in [0.25, 0.3) is 0 Å². The van der Waals surface area contributed by atoms with E-state index in [0.29, 0.717) is 18.8 Å². The number of benzene rings is 3. The van der Waals surface area contributed by atoms with Crippen LogP contribution in [0.4, 0.5) is 5.69 Å². The summed E-state index contributed by atoms with van der Waals surface area (Å²) < 4.78 is 28.0. The van der Waals surface area contributed by atoms with Gasteiger partial charge in [0, 0.05) is 18.8 Å². The molecule has 1 amide bonds. The highest BCUT2D eigenvalue weighted by molar-refractivity contribution is 7.90. The molecule has 3 aromatic rings. The first-order valence-electron chi connectivity index (χ1n) is 10.5. The minimum absolute atomic E-state index is 0.0334. The molecule has 0 unspecified atom stereocenters. The van der Waals surface area contributed by atoms with Gasteiger partial charge in [0.25, 0.3) is 15.9 Å². The van der Waals surface area contributed by atoms with Crippen LogP contribution in [0, 0.1) is 20.8 Å². The van der Waals surface area contributed by atoms with Gasteiger partial charge in [-0.2, -0.15) is 0 Å². The summed E-state index contributed by atoms with van der Waals surface area (Å²) >= 11 is 0. The Morgan fingerprint density at radius 3 is 2.41 bits per heavy atom. The zero-order valence-corrected chi connectivity index (χ0v) is 19.2. The van der Waals surface area contributed by atoms with Crippen LogP contribution >= 0.6 is 0 Å². The van der Waals surface area contributed by atoms with E-state index >= 15 is 0 Å². The topological polar surface area (TPSA) is 92.5 Å². The van der Waals surface area contributed by atoms with Crippen molar-refractivity contribution in [3.05, 3.63) is 94.0 Å². The SMILES string of the molecule is Cc1cc(C)c(CN2Cc3ccccc3[C@@H]2C(=O)NS(=O)(=O)c2cccc(N)c2)c(C)c1. The van der Waals surface area contributed by atoms with Crippen molar-refractivity contribution >= 4 is 21.6 Å². The molecule has 7 heteroatoms. The summed E-state index contributed by atoms with van der Waals surface area (Å²) in [7, 11) is -4.05. The summed E-state index contributed by atoms with van der Waals surface area (Å²) in [5, 5.41) is 0. The first-order chi connectivity index (χ1) is 15.2. The van der Waals surface area contributed by atoms with E-state index < -0.39 is 22.0 Å². The molecule has 1 aliphatic rings. The first-order valence-corrected chi connectivity index (χ1v) is 11.9. The van der Waals surface area contributed by atoms with Crippen molar-refractivity contribution in [2.75, 3.05) is 5.73 Å². The molecule has 0 aliphatic carbocycles. The van der Waals surface area contributed by atoms with Crippen molar-refractivity contribution in [2.24, 2.45) is 0 Å². The Kier molecular flexibility index (Phi) is 5.79. The van der Waals surface area contributed by atoms with Gasteiger partial charge in [0.05, 0.1) is 4.90 Å². The largest absolute Gasteiger partial charge is 0.399 e. The van der Waals surface area contributed by atoms with Gasteiger partial charge in [-0.3, -0.25) is 9.69 Å². The van der Waals surface area contributed by atoms with Crippen LogP contribution in [-0.2, 0) is 27.9 Å². The lowest BCUT2D eigenvalue weighted by Gasteiger charge is -2.26. The third-order valence-electron chi connectivity index (χ3n) is 5.94. The number of nitrogens with one attached hydrogen (secondary N) is 1. The van der Waals surface area contributed by atoms with E-state index in [9.17, 15) is 13.2 Å². The number of rotatable bonds is 5. The van der Waals surface area contributed by atoms with E-state index in [-0.39, 0.29) is 4.90 Å². The zero-order valence-electron chi connectivity index (χ0n) is 18.4. The molecule has 32 heavy (non-hydrogen) atoms. The Balaban J connectivity index is 1.67. The molecule has 4 rings (SSSR count). The van der Waals surface area contributed by atoms with Gasteiger partial charge < -0.3 is 5.73 Å². The average Bonchev–Trinajstić information content (AvgIpc) is 3.08. The summed E-state index contributed by atoms with van der Waals surface area (Å²) in [5.41, 5.74) is 12.6. The number of hydrogen-bond donors (Lipinski definition) is 2. The van der Waals surface area contributed by atoms with Crippen LogP contribution < -0.4 is 10.5 Å². The highest BCUT2D eigenvalue weighted by Gasteiger charge is 2.37. The van der Waals surface area contributed by atoms with E-state index in [2.05, 4.69) is 37.6 Å². The Hall–Kier alpha value is -3.16. The molecule has 1 heterocycles. The molecule has 0 bridgehead atoms. The van der Waals surface area contributed by atoms with Gasteiger partial charge >= 0.3 is 0 Å². The molecule has 1 aliphatic heterocycles. The van der Waals surface area contributed by atoms with Gasteiger partial charge in [-0.15, -0.1) is 0 Å². The normalized spacial score (nSPS) is 16.0. The lowest BCUT2D eigenvalue weighted by atomic mass is 9.99. The number of nitrogens with zero attached hydrogens (tertiary/aromatic N) is 1. The van der Waals surface area contributed by atoms with Crippen molar-refractivity contribution in [1.82, 2.24) is 9.62 Å².